The van der Waals surface area contributed by atoms with E-state index < -0.39 is 7.92 Å². The number of rotatable bonds is 8. The molecule has 0 saturated heterocycles. The molecular weight excluding hydrogens is 622 g/mol. The van der Waals surface area contributed by atoms with Crippen LogP contribution in [0.2, 0.25) is 0 Å². The van der Waals surface area contributed by atoms with Gasteiger partial charge in [0.2, 0.25) is 0 Å². The molecule has 0 N–H and O–H groups in total. The molecule has 4 fully saturated rings. The largest absolute Gasteiger partial charge is 0.0971 e. The van der Waals surface area contributed by atoms with Crippen LogP contribution in [0.1, 0.15) is 121 Å². The zero-order valence-corrected chi connectivity index (χ0v) is 30.6. The fraction of sp³-hybridized carbons (Fsp3) is 0.524. The summed E-state index contributed by atoms with van der Waals surface area (Å²) in [6, 6.07) is 32.4. The summed E-state index contributed by atoms with van der Waals surface area (Å²) in [6.45, 7) is 2.75. The van der Waals surface area contributed by atoms with Gasteiger partial charge in [-0.25, -0.2) is 0 Å². The molecule has 242 valence electrons. The predicted molar refractivity (Wildman–Crippen MR) is 198 cm³/mol. The van der Waals surface area contributed by atoms with Gasteiger partial charge in [-0.3, -0.25) is 0 Å². The third-order valence-electron chi connectivity index (χ3n) is 11.2. The molecule has 3 atom stereocenters. The van der Waals surface area contributed by atoms with E-state index in [1.54, 1.807) is 10.9 Å². The van der Waals surface area contributed by atoms with Crippen molar-refractivity contribution in [3.8, 4) is 0 Å². The van der Waals surface area contributed by atoms with E-state index in [0.717, 1.165) is 28.8 Å². The molecule has 0 aliphatic heterocycles. The van der Waals surface area contributed by atoms with E-state index in [1.165, 1.54) is 113 Å². The molecular formula is C42H56FeP2. The monoisotopic (exact) mass is 678 g/mol. The zero-order valence-electron chi connectivity index (χ0n) is 27.7. The van der Waals surface area contributed by atoms with Crippen molar-refractivity contribution >= 4 is 31.8 Å². The summed E-state index contributed by atoms with van der Waals surface area (Å²) in [5, 5.41) is 4.59. The number of benzene rings is 3. The Morgan fingerprint density at radius 1 is 0.533 bits per heavy atom. The summed E-state index contributed by atoms with van der Waals surface area (Å²) < 4.78 is 0. The van der Waals surface area contributed by atoms with E-state index in [9.17, 15) is 0 Å². The van der Waals surface area contributed by atoms with Crippen LogP contribution in [0.15, 0.2) is 84.9 Å². The Labute approximate surface area is 289 Å². The molecule has 3 aromatic rings. The Kier molecular flexibility index (Phi) is 14.6. The van der Waals surface area contributed by atoms with E-state index in [4.69, 9.17) is 0 Å². The van der Waals surface area contributed by atoms with Crippen LogP contribution in [-0.2, 0) is 17.1 Å². The van der Waals surface area contributed by atoms with E-state index in [1.807, 2.05) is 0 Å². The SMILES string of the molecule is C[C@@H](C1CCCC1c1ccccc1P(c1ccccc1)c1ccccc1)P(C1CCCCC1)C1CCCCC1.[CH]1[CH]CCC1.[Fe]. The number of hydrogen-bond acceptors (Lipinski definition) is 0. The normalized spacial score (nSPS) is 23.4. The number of hydrogen-bond donors (Lipinski definition) is 0. The maximum absolute atomic E-state index is 2.75. The van der Waals surface area contributed by atoms with Crippen molar-refractivity contribution in [1.29, 1.82) is 0 Å². The first kappa shape index (κ1) is 35.3. The van der Waals surface area contributed by atoms with Crippen molar-refractivity contribution in [2.45, 2.75) is 133 Å². The molecule has 2 unspecified atom stereocenters. The maximum atomic E-state index is 2.75. The maximum Gasteiger partial charge on any atom is 0 e. The topological polar surface area (TPSA) is 0 Å². The molecule has 7 rings (SSSR count). The van der Waals surface area contributed by atoms with Crippen LogP contribution in [0.3, 0.4) is 0 Å². The zero-order chi connectivity index (χ0) is 30.0. The minimum Gasteiger partial charge on any atom is -0.0971 e. The summed E-state index contributed by atoms with van der Waals surface area (Å²) in [5.74, 6) is 1.59. The smallest absolute Gasteiger partial charge is 0 e. The van der Waals surface area contributed by atoms with Crippen molar-refractivity contribution in [3.05, 3.63) is 103 Å². The van der Waals surface area contributed by atoms with E-state index in [0.29, 0.717) is 0 Å². The molecule has 0 heterocycles. The van der Waals surface area contributed by atoms with Gasteiger partial charge in [0.25, 0.3) is 0 Å². The van der Waals surface area contributed by atoms with Gasteiger partial charge < -0.3 is 0 Å². The molecule has 0 spiro atoms. The fourth-order valence-electron chi connectivity index (χ4n) is 9.07. The van der Waals surface area contributed by atoms with Gasteiger partial charge in [-0.05, 0) is 122 Å². The first-order valence-electron chi connectivity index (χ1n) is 18.2. The Bertz CT molecular complexity index is 1160. The summed E-state index contributed by atoms with van der Waals surface area (Å²) >= 11 is 0. The fourth-order valence-corrected chi connectivity index (χ4v) is 16.2. The molecule has 4 aliphatic rings. The Balaban J connectivity index is 0.000000609. The predicted octanol–water partition coefficient (Wildman–Crippen LogP) is 11.4. The van der Waals surface area contributed by atoms with Gasteiger partial charge in [-0.15, -0.1) is 0 Å². The molecule has 0 nitrogen and oxygen atoms in total. The van der Waals surface area contributed by atoms with Gasteiger partial charge in [0.15, 0.2) is 0 Å². The summed E-state index contributed by atoms with van der Waals surface area (Å²) in [5.41, 5.74) is 4.70. The van der Waals surface area contributed by atoms with Gasteiger partial charge >= 0.3 is 0 Å². The minimum atomic E-state index is -0.556. The van der Waals surface area contributed by atoms with Crippen molar-refractivity contribution < 1.29 is 17.1 Å². The van der Waals surface area contributed by atoms with Crippen LogP contribution >= 0.6 is 15.8 Å². The Morgan fingerprint density at radius 2 is 1.04 bits per heavy atom. The van der Waals surface area contributed by atoms with E-state index in [-0.39, 0.29) is 25.0 Å². The first-order valence-corrected chi connectivity index (χ1v) is 21.1. The van der Waals surface area contributed by atoms with Gasteiger partial charge in [-0.1, -0.05) is 151 Å². The average Bonchev–Trinajstić information content (AvgIpc) is 3.84. The van der Waals surface area contributed by atoms with Gasteiger partial charge in [0.05, 0.1) is 0 Å². The van der Waals surface area contributed by atoms with Gasteiger partial charge in [-0.2, -0.15) is 0 Å². The third-order valence-corrected chi connectivity index (χ3v) is 17.7. The van der Waals surface area contributed by atoms with Gasteiger partial charge in [0, 0.05) is 17.1 Å². The van der Waals surface area contributed by atoms with Crippen molar-refractivity contribution in [3.63, 3.8) is 0 Å². The third kappa shape index (κ3) is 9.14. The standard InChI is InChI=1S/C37H48P2.C5H8.Fe/c1-29(38(30-17-6-2-7-18-30)31-19-8-3-9-20-31)34-26-16-27-35(34)36-25-14-15-28-37(36)39(32-21-10-4-11-22-32)33-23-12-5-13-24-33;1-2-4-5-3-1;/h4-5,10-15,21-25,28-31,34-35H,2-3,6-9,16-20,26-27H2,1H3;1-2H,3-5H2;/t29-,34?,35?;;/m0../s1. The second-order valence-corrected chi connectivity index (χ2v) is 19.3. The first-order chi connectivity index (χ1) is 21.8. The molecule has 0 bridgehead atoms. The molecule has 3 aromatic carbocycles. The second kappa shape index (κ2) is 18.5. The van der Waals surface area contributed by atoms with Crippen molar-refractivity contribution in [2.75, 3.05) is 0 Å². The van der Waals surface area contributed by atoms with Crippen LogP contribution < -0.4 is 15.9 Å². The van der Waals surface area contributed by atoms with Crippen LogP contribution in [-0.4, -0.2) is 17.0 Å². The molecule has 4 saturated carbocycles. The van der Waals surface area contributed by atoms with Gasteiger partial charge in [0.1, 0.15) is 0 Å². The molecule has 0 amide bonds. The second-order valence-electron chi connectivity index (χ2n) is 13.9. The van der Waals surface area contributed by atoms with Crippen LogP contribution in [0, 0.1) is 18.8 Å². The molecule has 0 aromatic heterocycles. The molecule has 45 heavy (non-hydrogen) atoms. The van der Waals surface area contributed by atoms with Crippen LogP contribution in [0.4, 0.5) is 0 Å². The van der Waals surface area contributed by atoms with Crippen molar-refractivity contribution in [2.24, 2.45) is 5.92 Å². The molecule has 3 heteroatoms. The minimum absolute atomic E-state index is 0. The summed E-state index contributed by atoms with van der Waals surface area (Å²) in [7, 11) is -0.449. The molecule has 2 radical (unpaired) electrons. The average molecular weight is 679 g/mol. The van der Waals surface area contributed by atoms with Crippen molar-refractivity contribution in [1.82, 2.24) is 0 Å². The van der Waals surface area contributed by atoms with E-state index in [2.05, 4.69) is 105 Å². The van der Waals surface area contributed by atoms with E-state index >= 15 is 0 Å². The summed E-state index contributed by atoms with van der Waals surface area (Å²) in [4.78, 5) is 0. The van der Waals surface area contributed by atoms with Crippen LogP contribution in [0.25, 0.3) is 0 Å². The summed E-state index contributed by atoms with van der Waals surface area (Å²) in [6.07, 6.45) is 27.9. The van der Waals surface area contributed by atoms with Crippen LogP contribution in [0.5, 0.6) is 0 Å². The Morgan fingerprint density at radius 3 is 1.56 bits per heavy atom. The quantitative estimate of drug-likeness (QED) is 0.164. The molecule has 4 aliphatic carbocycles. The Hall–Kier alpha value is -0.961.